The van der Waals surface area contributed by atoms with Gasteiger partial charge in [0, 0.05) is 20.1 Å². The Morgan fingerprint density at radius 3 is 2.67 bits per heavy atom. The summed E-state index contributed by atoms with van der Waals surface area (Å²) in [6.07, 6.45) is 2.47. The van der Waals surface area contributed by atoms with E-state index in [1.807, 2.05) is 33.0 Å². The highest BCUT2D eigenvalue weighted by Gasteiger charge is 2.19. The van der Waals surface area contributed by atoms with E-state index >= 15 is 0 Å². The first-order valence-corrected chi connectivity index (χ1v) is 7.93. The largest absolute Gasteiger partial charge is 0.328 e. The number of urea groups is 1. The summed E-state index contributed by atoms with van der Waals surface area (Å²) in [6, 6.07) is 9.00. The zero-order valence-corrected chi connectivity index (χ0v) is 14.2. The monoisotopic (exact) mass is 326 g/mol. The van der Waals surface area contributed by atoms with Gasteiger partial charge in [0.1, 0.15) is 6.33 Å². The molecule has 0 spiro atoms. The van der Waals surface area contributed by atoms with Crippen molar-refractivity contribution in [1.82, 2.24) is 25.0 Å². The lowest BCUT2D eigenvalue weighted by Gasteiger charge is -2.24. The van der Waals surface area contributed by atoms with Crippen LogP contribution >= 0.6 is 0 Å². The second-order valence-electron chi connectivity index (χ2n) is 5.70. The summed E-state index contributed by atoms with van der Waals surface area (Å²) in [5.74, 6) is 0.707. The minimum atomic E-state index is -0.231. The summed E-state index contributed by atoms with van der Waals surface area (Å²) in [7, 11) is 1.85. The summed E-state index contributed by atoms with van der Waals surface area (Å²) < 4.78 is 1.79. The average molecular weight is 326 g/mol. The number of hydrogen-bond donors (Lipinski definition) is 1. The molecule has 0 aliphatic carbocycles. The summed E-state index contributed by atoms with van der Waals surface area (Å²) in [5, 5.41) is 19.7. The maximum Gasteiger partial charge on any atom is 0.318 e. The molecule has 1 heterocycles. The van der Waals surface area contributed by atoms with Crippen LogP contribution in [0.5, 0.6) is 0 Å². The molecule has 0 bridgehead atoms. The third-order valence-corrected chi connectivity index (χ3v) is 3.71. The molecule has 2 rings (SSSR count). The third kappa shape index (κ3) is 4.32. The molecule has 1 aromatic heterocycles. The van der Waals surface area contributed by atoms with E-state index in [2.05, 4.69) is 21.6 Å². The highest BCUT2D eigenvalue weighted by molar-refractivity contribution is 5.74. The Bertz CT molecular complexity index is 715. The molecule has 0 fully saturated rings. The first-order valence-electron chi connectivity index (χ1n) is 7.93. The summed E-state index contributed by atoms with van der Waals surface area (Å²) in [5.41, 5.74) is 1.60. The van der Waals surface area contributed by atoms with Gasteiger partial charge in [0.05, 0.1) is 17.7 Å². The molecule has 0 saturated carbocycles. The molecule has 7 nitrogen and oxygen atoms in total. The number of carbonyl (C=O) groups excluding carboxylic acids is 1. The van der Waals surface area contributed by atoms with Crippen LogP contribution in [0.25, 0.3) is 0 Å². The zero-order valence-electron chi connectivity index (χ0n) is 14.2. The molecule has 1 atom stereocenters. The van der Waals surface area contributed by atoms with Crippen molar-refractivity contribution in [1.29, 1.82) is 5.26 Å². The van der Waals surface area contributed by atoms with Crippen LogP contribution in [0.4, 0.5) is 4.79 Å². The number of aryl methyl sites for hydroxylation is 1. The van der Waals surface area contributed by atoms with Crippen LogP contribution < -0.4 is 5.32 Å². The van der Waals surface area contributed by atoms with E-state index in [9.17, 15) is 4.79 Å². The second-order valence-corrected chi connectivity index (χ2v) is 5.70. The van der Waals surface area contributed by atoms with E-state index in [0.29, 0.717) is 24.5 Å². The molecule has 24 heavy (non-hydrogen) atoms. The number of amides is 2. The highest BCUT2D eigenvalue weighted by atomic mass is 16.2. The number of benzene rings is 1. The number of nitriles is 1. The predicted octanol–water partition coefficient (Wildman–Crippen LogP) is 2.37. The number of hydrogen-bond acceptors (Lipinski definition) is 4. The fourth-order valence-electron chi connectivity index (χ4n) is 2.45. The van der Waals surface area contributed by atoms with Crippen LogP contribution in [0.15, 0.2) is 30.6 Å². The van der Waals surface area contributed by atoms with Gasteiger partial charge in [0.25, 0.3) is 0 Å². The standard InChI is InChI=1S/C17H22N6O/c1-4-9-23(11-15-7-5-14(10-18)6-8-15)17(24)20-13(2)16-21-19-12-22(16)3/h5-8,12-13H,4,9,11H2,1-3H3,(H,20,24)/t13-/m0/s1. The molecule has 0 saturated heterocycles. The van der Waals surface area contributed by atoms with Gasteiger partial charge in [-0.3, -0.25) is 0 Å². The highest BCUT2D eigenvalue weighted by Crippen LogP contribution is 2.11. The summed E-state index contributed by atoms with van der Waals surface area (Å²) >= 11 is 0. The van der Waals surface area contributed by atoms with Crippen molar-refractivity contribution < 1.29 is 4.79 Å². The molecule has 2 aromatic rings. The summed E-state index contributed by atoms with van der Waals surface area (Å²) in [6.45, 7) is 5.06. The number of carbonyl (C=O) groups is 1. The number of nitrogens with one attached hydrogen (secondary N) is 1. The first kappa shape index (κ1) is 17.5. The normalized spacial score (nSPS) is 11.6. The number of aromatic nitrogens is 3. The molecular weight excluding hydrogens is 304 g/mol. The van der Waals surface area contributed by atoms with Gasteiger partial charge in [-0.2, -0.15) is 5.26 Å². The smallest absolute Gasteiger partial charge is 0.318 e. The van der Waals surface area contributed by atoms with E-state index in [-0.39, 0.29) is 12.1 Å². The Labute approximate surface area is 141 Å². The molecule has 1 N–H and O–H groups in total. The van der Waals surface area contributed by atoms with E-state index < -0.39 is 0 Å². The van der Waals surface area contributed by atoms with Crippen LogP contribution in [0.2, 0.25) is 0 Å². The average Bonchev–Trinajstić information content (AvgIpc) is 3.01. The van der Waals surface area contributed by atoms with Gasteiger partial charge in [-0.1, -0.05) is 19.1 Å². The third-order valence-electron chi connectivity index (χ3n) is 3.71. The Kier molecular flexibility index (Phi) is 5.90. The Morgan fingerprint density at radius 1 is 1.42 bits per heavy atom. The Balaban J connectivity index is 2.04. The molecule has 126 valence electrons. The van der Waals surface area contributed by atoms with Crippen LogP contribution in [0.3, 0.4) is 0 Å². The Hall–Kier alpha value is -2.88. The molecule has 0 radical (unpaired) electrons. The van der Waals surface area contributed by atoms with Gasteiger partial charge in [-0.15, -0.1) is 10.2 Å². The molecule has 0 unspecified atom stereocenters. The van der Waals surface area contributed by atoms with Crippen molar-refractivity contribution in [2.24, 2.45) is 7.05 Å². The van der Waals surface area contributed by atoms with Crippen LogP contribution in [-0.2, 0) is 13.6 Å². The number of nitrogens with zero attached hydrogens (tertiary/aromatic N) is 5. The molecular formula is C17H22N6O. The predicted molar refractivity (Wildman–Crippen MR) is 89.8 cm³/mol. The molecule has 0 aliphatic rings. The summed E-state index contributed by atoms with van der Waals surface area (Å²) in [4.78, 5) is 14.3. The van der Waals surface area contributed by atoms with Gasteiger partial charge in [0.2, 0.25) is 0 Å². The fraction of sp³-hybridized carbons (Fsp3) is 0.412. The molecule has 0 aliphatic heterocycles. The van der Waals surface area contributed by atoms with Gasteiger partial charge in [0.15, 0.2) is 5.82 Å². The lowest BCUT2D eigenvalue weighted by molar-refractivity contribution is 0.191. The number of rotatable bonds is 6. The zero-order chi connectivity index (χ0) is 17.5. The quantitative estimate of drug-likeness (QED) is 0.883. The van der Waals surface area contributed by atoms with Crippen LogP contribution in [0.1, 0.15) is 43.3 Å². The maximum absolute atomic E-state index is 12.6. The lowest BCUT2D eigenvalue weighted by atomic mass is 10.1. The van der Waals surface area contributed by atoms with Gasteiger partial charge in [-0.05, 0) is 31.0 Å². The van der Waals surface area contributed by atoms with Crippen molar-refractivity contribution in [3.05, 3.63) is 47.5 Å². The van der Waals surface area contributed by atoms with E-state index in [4.69, 9.17) is 5.26 Å². The fourth-order valence-corrected chi connectivity index (χ4v) is 2.45. The van der Waals surface area contributed by atoms with Crippen LogP contribution in [0, 0.1) is 11.3 Å². The second kappa shape index (κ2) is 8.11. The Morgan fingerprint density at radius 2 is 2.12 bits per heavy atom. The van der Waals surface area contributed by atoms with E-state index in [0.717, 1.165) is 12.0 Å². The van der Waals surface area contributed by atoms with Gasteiger partial charge >= 0.3 is 6.03 Å². The van der Waals surface area contributed by atoms with Crippen molar-refractivity contribution >= 4 is 6.03 Å². The van der Waals surface area contributed by atoms with Crippen molar-refractivity contribution in [3.63, 3.8) is 0 Å². The van der Waals surface area contributed by atoms with Crippen molar-refractivity contribution in [3.8, 4) is 6.07 Å². The van der Waals surface area contributed by atoms with Gasteiger partial charge < -0.3 is 14.8 Å². The van der Waals surface area contributed by atoms with Crippen LogP contribution in [-0.4, -0.2) is 32.2 Å². The maximum atomic E-state index is 12.6. The van der Waals surface area contributed by atoms with Gasteiger partial charge in [-0.25, -0.2) is 4.79 Å². The van der Waals surface area contributed by atoms with Crippen molar-refractivity contribution in [2.45, 2.75) is 32.9 Å². The molecule has 2 amide bonds. The lowest BCUT2D eigenvalue weighted by Crippen LogP contribution is -2.41. The van der Waals surface area contributed by atoms with E-state index in [1.54, 1.807) is 27.9 Å². The topological polar surface area (TPSA) is 86.8 Å². The minimum Gasteiger partial charge on any atom is -0.328 e. The molecule has 7 heteroatoms. The minimum absolute atomic E-state index is 0.142. The van der Waals surface area contributed by atoms with Crippen molar-refractivity contribution in [2.75, 3.05) is 6.54 Å². The SMILES string of the molecule is CCCN(Cc1ccc(C#N)cc1)C(=O)N[C@@H](C)c1nncn1C. The van der Waals surface area contributed by atoms with E-state index in [1.165, 1.54) is 0 Å². The first-order chi connectivity index (χ1) is 11.5. The molecule has 1 aromatic carbocycles.